The molecular weight excluding hydrogens is 447 g/mol. The van der Waals surface area contributed by atoms with Crippen molar-refractivity contribution >= 4 is 57.5 Å². The summed E-state index contributed by atoms with van der Waals surface area (Å²) in [7, 11) is 1.52. The van der Waals surface area contributed by atoms with Gasteiger partial charge in [0, 0.05) is 41.1 Å². The van der Waals surface area contributed by atoms with E-state index in [-0.39, 0.29) is 12.4 Å². The summed E-state index contributed by atoms with van der Waals surface area (Å²) in [6, 6.07) is 21.0. The van der Waals surface area contributed by atoms with E-state index in [9.17, 15) is 9.90 Å². The molecule has 3 aromatic carbocycles. The number of halogens is 2. The van der Waals surface area contributed by atoms with Crippen molar-refractivity contribution in [2.75, 3.05) is 11.9 Å². The number of rotatable bonds is 3. The normalized spacial score (nSPS) is 10.8. The monoisotopic (exact) mass is 464 g/mol. The van der Waals surface area contributed by atoms with E-state index in [1.807, 2.05) is 65.3 Å². The van der Waals surface area contributed by atoms with Crippen molar-refractivity contribution in [2.45, 2.75) is 0 Å². The lowest BCUT2D eigenvalue weighted by Gasteiger charge is -2.13. The molecule has 0 saturated heterocycles. The largest absolute Gasteiger partial charge is 0.465 e. The van der Waals surface area contributed by atoms with Gasteiger partial charge >= 0.3 is 6.09 Å². The quantitative estimate of drug-likeness (QED) is 0.333. The third-order valence-corrected chi connectivity index (χ3v) is 5.56. The summed E-state index contributed by atoms with van der Waals surface area (Å²) in [6.07, 6.45) is 2.43. The topological polar surface area (TPSA) is 71.2 Å². The van der Waals surface area contributed by atoms with Crippen LogP contribution in [-0.2, 0) is 0 Å². The van der Waals surface area contributed by atoms with Gasteiger partial charge in [0.25, 0.3) is 0 Å². The Morgan fingerprint density at radius 2 is 1.81 bits per heavy atom. The first kappa shape index (κ1) is 21.6. The van der Waals surface area contributed by atoms with E-state index in [0.29, 0.717) is 10.7 Å². The first-order chi connectivity index (χ1) is 15.0. The molecular formula is C24H18Cl2N4O2. The molecule has 6 nitrogen and oxygen atoms in total. The smallest absolute Gasteiger partial charge is 0.411 e. The van der Waals surface area contributed by atoms with Gasteiger partial charge in [0.2, 0.25) is 0 Å². The Morgan fingerprint density at radius 1 is 1.03 bits per heavy atom. The minimum Gasteiger partial charge on any atom is -0.465 e. The molecule has 2 aromatic heterocycles. The maximum Gasteiger partial charge on any atom is 0.411 e. The highest BCUT2D eigenvalue weighted by molar-refractivity contribution is 6.31. The molecule has 5 aromatic rings. The minimum atomic E-state index is -1.02. The van der Waals surface area contributed by atoms with Gasteiger partial charge in [0.05, 0.1) is 11.2 Å². The van der Waals surface area contributed by atoms with E-state index in [1.165, 1.54) is 11.9 Å². The predicted molar refractivity (Wildman–Crippen MR) is 130 cm³/mol. The van der Waals surface area contributed by atoms with Gasteiger partial charge in [-0.05, 0) is 53.2 Å². The van der Waals surface area contributed by atoms with Crippen molar-refractivity contribution in [2.24, 2.45) is 0 Å². The van der Waals surface area contributed by atoms with Gasteiger partial charge in [-0.1, -0.05) is 35.9 Å². The van der Waals surface area contributed by atoms with Gasteiger partial charge in [-0.2, -0.15) is 5.10 Å². The average molecular weight is 465 g/mol. The molecule has 32 heavy (non-hydrogen) atoms. The third-order valence-electron chi connectivity index (χ3n) is 5.33. The van der Waals surface area contributed by atoms with Gasteiger partial charge in [0.15, 0.2) is 0 Å². The zero-order valence-electron chi connectivity index (χ0n) is 16.9. The molecule has 1 amide bonds. The molecule has 2 heterocycles. The highest BCUT2D eigenvalue weighted by atomic mass is 35.5. The Labute approximate surface area is 195 Å². The summed E-state index contributed by atoms with van der Waals surface area (Å²) in [4.78, 5) is 16.7. The first-order valence-electron chi connectivity index (χ1n) is 9.61. The van der Waals surface area contributed by atoms with Gasteiger partial charge < -0.3 is 5.11 Å². The molecule has 1 N–H and O–H groups in total. The number of pyridine rings is 1. The number of hydrogen-bond acceptors (Lipinski definition) is 3. The highest BCUT2D eigenvalue weighted by Gasteiger charge is 2.18. The predicted octanol–water partition coefficient (Wildman–Crippen LogP) is 6.43. The Bertz CT molecular complexity index is 1450. The zero-order valence-corrected chi connectivity index (χ0v) is 18.5. The molecule has 8 heteroatoms. The van der Waals surface area contributed by atoms with Crippen LogP contribution in [0.25, 0.3) is 38.6 Å². The van der Waals surface area contributed by atoms with Gasteiger partial charge in [-0.3, -0.25) is 9.88 Å². The van der Waals surface area contributed by atoms with Crippen LogP contribution < -0.4 is 4.90 Å². The summed E-state index contributed by atoms with van der Waals surface area (Å²) in [5, 5.41) is 18.0. The summed E-state index contributed by atoms with van der Waals surface area (Å²) < 4.78 is 1.88. The molecule has 0 unspecified atom stereocenters. The first-order valence-corrected chi connectivity index (χ1v) is 9.99. The molecule has 0 saturated carbocycles. The molecule has 160 valence electrons. The standard InChI is InChI=1S/C24H17ClN4O2.ClH/c1-28(24(30)31)19-4-2-3-16(14-19)23-22-20-7-6-17(25)13-15(20)5-8-21(22)29(27-23)18-9-11-26-12-10-18;/h2-14H,1H3,(H,30,31);1H. The summed E-state index contributed by atoms with van der Waals surface area (Å²) >= 11 is 6.22. The Morgan fingerprint density at radius 3 is 2.56 bits per heavy atom. The summed E-state index contributed by atoms with van der Waals surface area (Å²) in [5.74, 6) is 0. The second-order valence-corrected chi connectivity index (χ2v) is 7.62. The van der Waals surface area contributed by atoms with Crippen LogP contribution in [0.5, 0.6) is 0 Å². The highest BCUT2D eigenvalue weighted by Crippen LogP contribution is 2.37. The maximum absolute atomic E-state index is 11.4. The van der Waals surface area contributed by atoms with Crippen LogP contribution in [0.2, 0.25) is 5.02 Å². The van der Waals surface area contributed by atoms with Crippen molar-refractivity contribution in [1.82, 2.24) is 14.8 Å². The maximum atomic E-state index is 11.4. The number of nitrogens with zero attached hydrogens (tertiary/aromatic N) is 4. The fraction of sp³-hybridized carbons (Fsp3) is 0.0417. The molecule has 0 aliphatic carbocycles. The van der Waals surface area contributed by atoms with Crippen LogP contribution in [0.3, 0.4) is 0 Å². The molecule has 0 aliphatic heterocycles. The summed E-state index contributed by atoms with van der Waals surface area (Å²) in [6.45, 7) is 0. The second-order valence-electron chi connectivity index (χ2n) is 7.18. The molecule has 0 fully saturated rings. The van der Waals surface area contributed by atoms with E-state index in [0.717, 1.165) is 38.6 Å². The van der Waals surface area contributed by atoms with Gasteiger partial charge in [-0.25, -0.2) is 9.48 Å². The number of aromatic nitrogens is 3. The number of carbonyl (C=O) groups is 1. The second kappa shape index (κ2) is 8.49. The van der Waals surface area contributed by atoms with E-state index >= 15 is 0 Å². The number of anilines is 1. The van der Waals surface area contributed by atoms with E-state index < -0.39 is 6.09 Å². The van der Waals surface area contributed by atoms with Gasteiger partial charge in [-0.15, -0.1) is 12.4 Å². The third kappa shape index (κ3) is 3.64. The molecule has 5 rings (SSSR count). The van der Waals surface area contributed by atoms with E-state index in [4.69, 9.17) is 16.7 Å². The van der Waals surface area contributed by atoms with Crippen molar-refractivity contribution in [3.8, 4) is 16.9 Å². The fourth-order valence-electron chi connectivity index (χ4n) is 3.77. The van der Waals surface area contributed by atoms with Crippen LogP contribution in [0.15, 0.2) is 79.1 Å². The average Bonchev–Trinajstić information content (AvgIpc) is 3.19. The Kier molecular flexibility index (Phi) is 5.74. The van der Waals surface area contributed by atoms with Crippen LogP contribution in [0.1, 0.15) is 0 Å². The molecule has 0 aliphatic rings. The van der Waals surface area contributed by atoms with Crippen molar-refractivity contribution in [1.29, 1.82) is 0 Å². The molecule has 0 atom stereocenters. The van der Waals surface area contributed by atoms with Gasteiger partial charge in [0.1, 0.15) is 5.69 Å². The van der Waals surface area contributed by atoms with Crippen molar-refractivity contribution in [3.63, 3.8) is 0 Å². The lowest BCUT2D eigenvalue weighted by atomic mass is 10.0. The Balaban J connectivity index is 0.00000245. The molecule has 0 spiro atoms. The van der Waals surface area contributed by atoms with Crippen LogP contribution in [-0.4, -0.2) is 33.0 Å². The minimum absolute atomic E-state index is 0. The van der Waals surface area contributed by atoms with Crippen LogP contribution >= 0.6 is 24.0 Å². The van der Waals surface area contributed by atoms with Crippen LogP contribution in [0.4, 0.5) is 10.5 Å². The summed E-state index contributed by atoms with van der Waals surface area (Å²) in [5.41, 5.74) is 3.98. The number of amides is 1. The number of hydrogen-bond donors (Lipinski definition) is 1. The van der Waals surface area contributed by atoms with Crippen LogP contribution in [0, 0.1) is 0 Å². The number of fused-ring (bicyclic) bond motifs is 3. The lowest BCUT2D eigenvalue weighted by molar-refractivity contribution is 0.203. The lowest BCUT2D eigenvalue weighted by Crippen LogP contribution is -2.23. The SMILES string of the molecule is CN(C(=O)O)c1cccc(-c2nn(-c3ccncc3)c3ccc4cc(Cl)ccc4c23)c1.Cl. The van der Waals surface area contributed by atoms with Crippen molar-refractivity contribution in [3.05, 3.63) is 84.1 Å². The Hall–Kier alpha value is -3.61. The molecule has 0 bridgehead atoms. The molecule has 0 radical (unpaired) electrons. The fourth-order valence-corrected chi connectivity index (χ4v) is 3.96. The van der Waals surface area contributed by atoms with E-state index in [2.05, 4.69) is 4.98 Å². The zero-order chi connectivity index (χ0) is 21.5. The van der Waals surface area contributed by atoms with Crippen molar-refractivity contribution < 1.29 is 9.90 Å². The number of carboxylic acid groups (broad SMARTS) is 1. The number of benzene rings is 3. The van der Waals surface area contributed by atoms with E-state index in [1.54, 1.807) is 18.5 Å².